The van der Waals surface area contributed by atoms with Crippen LogP contribution in [-0.2, 0) is 29.4 Å². The van der Waals surface area contributed by atoms with Gasteiger partial charge >= 0.3 is 5.97 Å². The van der Waals surface area contributed by atoms with Gasteiger partial charge in [0.05, 0.1) is 18.4 Å². The standard InChI is InChI=1S/C28H30N4O3S3/c1-16-10-12-18(13-11-16)23-17(2)36-14-20(23)25-30-31-28(32(25)3)37-15-22(33)29-26-24(27(34)35-4)19-8-6-5-7-9-21(19)38-26/h10-14H,5-9,15H2,1-4H3,(H,29,33). The molecule has 1 aromatic carbocycles. The van der Waals surface area contributed by atoms with Crippen molar-refractivity contribution in [1.82, 2.24) is 14.8 Å². The summed E-state index contributed by atoms with van der Waals surface area (Å²) in [5.74, 6) is 0.346. The Morgan fingerprint density at radius 2 is 1.87 bits per heavy atom. The van der Waals surface area contributed by atoms with E-state index in [1.165, 1.54) is 45.5 Å². The van der Waals surface area contributed by atoms with E-state index in [4.69, 9.17) is 4.74 Å². The minimum absolute atomic E-state index is 0.155. The van der Waals surface area contributed by atoms with E-state index in [0.29, 0.717) is 15.7 Å². The van der Waals surface area contributed by atoms with Gasteiger partial charge in [-0.25, -0.2) is 4.79 Å². The van der Waals surface area contributed by atoms with Crippen LogP contribution >= 0.6 is 34.4 Å². The summed E-state index contributed by atoms with van der Waals surface area (Å²) in [6.45, 7) is 4.20. The Hall–Kier alpha value is -2.95. The highest BCUT2D eigenvalue weighted by atomic mass is 32.2. The first-order chi connectivity index (χ1) is 18.4. The third-order valence-electron chi connectivity index (χ3n) is 6.79. The number of carbonyl (C=O) groups is 2. The van der Waals surface area contributed by atoms with Gasteiger partial charge in [0, 0.05) is 33.3 Å². The Labute approximate surface area is 234 Å². The highest BCUT2D eigenvalue weighted by Gasteiger charge is 2.26. The molecule has 0 fully saturated rings. The van der Waals surface area contributed by atoms with Crippen molar-refractivity contribution in [3.63, 3.8) is 0 Å². The van der Waals surface area contributed by atoms with Crippen molar-refractivity contribution in [2.45, 2.75) is 51.1 Å². The van der Waals surface area contributed by atoms with E-state index in [-0.39, 0.29) is 17.6 Å². The van der Waals surface area contributed by atoms with Gasteiger partial charge in [0.25, 0.3) is 0 Å². The van der Waals surface area contributed by atoms with E-state index in [9.17, 15) is 9.59 Å². The summed E-state index contributed by atoms with van der Waals surface area (Å²) in [5, 5.41) is 15.2. The van der Waals surface area contributed by atoms with Gasteiger partial charge in [0.2, 0.25) is 5.91 Å². The first-order valence-electron chi connectivity index (χ1n) is 12.6. The van der Waals surface area contributed by atoms with Crippen LogP contribution in [0.3, 0.4) is 0 Å². The number of rotatable bonds is 7. The Bertz CT molecular complexity index is 1480. The summed E-state index contributed by atoms with van der Waals surface area (Å²) in [7, 11) is 3.31. The van der Waals surface area contributed by atoms with Crippen molar-refractivity contribution in [1.29, 1.82) is 0 Å². The molecule has 0 unspecified atom stereocenters. The van der Waals surface area contributed by atoms with Crippen LogP contribution in [0.4, 0.5) is 5.00 Å². The van der Waals surface area contributed by atoms with Gasteiger partial charge in [-0.15, -0.1) is 32.9 Å². The summed E-state index contributed by atoms with van der Waals surface area (Å²) in [6.07, 6.45) is 5.07. The maximum absolute atomic E-state index is 13.0. The number of carbonyl (C=O) groups excluding carboxylic acids is 2. The Morgan fingerprint density at radius 1 is 1.11 bits per heavy atom. The minimum Gasteiger partial charge on any atom is -0.465 e. The fourth-order valence-electron chi connectivity index (χ4n) is 4.81. The van der Waals surface area contributed by atoms with Crippen LogP contribution < -0.4 is 5.32 Å². The second-order valence-electron chi connectivity index (χ2n) is 9.41. The molecule has 4 aromatic rings. The molecule has 0 atom stereocenters. The van der Waals surface area contributed by atoms with Crippen LogP contribution in [0.25, 0.3) is 22.5 Å². The van der Waals surface area contributed by atoms with Crippen LogP contribution in [0.15, 0.2) is 34.8 Å². The average Bonchev–Trinajstić information content (AvgIpc) is 3.51. The number of anilines is 1. The third kappa shape index (κ3) is 5.30. The lowest BCUT2D eigenvalue weighted by atomic mass is 10.0. The van der Waals surface area contributed by atoms with Gasteiger partial charge < -0.3 is 14.6 Å². The van der Waals surface area contributed by atoms with Crippen molar-refractivity contribution in [2.75, 3.05) is 18.2 Å². The third-order valence-corrected chi connectivity index (χ3v) is 9.93. The SMILES string of the molecule is COC(=O)c1c(NC(=O)CSc2nnc(-c3csc(C)c3-c3ccc(C)cc3)n2C)sc2c1CCCCC2. The highest BCUT2D eigenvalue weighted by molar-refractivity contribution is 7.99. The molecule has 3 aromatic heterocycles. The molecule has 3 heterocycles. The van der Waals surface area contributed by atoms with Gasteiger partial charge in [-0.3, -0.25) is 4.79 Å². The first kappa shape index (κ1) is 26.6. The predicted molar refractivity (Wildman–Crippen MR) is 155 cm³/mol. The number of nitrogens with one attached hydrogen (secondary N) is 1. The summed E-state index contributed by atoms with van der Waals surface area (Å²) >= 11 is 4.52. The monoisotopic (exact) mass is 566 g/mol. The molecule has 38 heavy (non-hydrogen) atoms. The van der Waals surface area contributed by atoms with Gasteiger partial charge in [-0.05, 0) is 50.7 Å². The van der Waals surface area contributed by atoms with E-state index in [1.54, 1.807) is 11.3 Å². The largest absolute Gasteiger partial charge is 0.465 e. The average molecular weight is 567 g/mol. The number of ether oxygens (including phenoxy) is 1. The lowest BCUT2D eigenvalue weighted by Gasteiger charge is -2.08. The van der Waals surface area contributed by atoms with Crippen molar-refractivity contribution in [3.05, 3.63) is 56.1 Å². The van der Waals surface area contributed by atoms with Crippen molar-refractivity contribution in [2.24, 2.45) is 7.05 Å². The number of hydrogen-bond donors (Lipinski definition) is 1. The number of amides is 1. The molecule has 10 heteroatoms. The smallest absolute Gasteiger partial charge is 0.341 e. The van der Waals surface area contributed by atoms with Gasteiger partial charge in [0.1, 0.15) is 5.00 Å². The quantitative estimate of drug-likeness (QED) is 0.153. The lowest BCUT2D eigenvalue weighted by molar-refractivity contribution is -0.113. The number of fused-ring (bicyclic) bond motifs is 1. The normalized spacial score (nSPS) is 13.2. The van der Waals surface area contributed by atoms with E-state index >= 15 is 0 Å². The Morgan fingerprint density at radius 3 is 2.63 bits per heavy atom. The van der Waals surface area contributed by atoms with Gasteiger partial charge in [0.15, 0.2) is 11.0 Å². The highest BCUT2D eigenvalue weighted by Crippen LogP contribution is 2.40. The van der Waals surface area contributed by atoms with Gasteiger partial charge in [-0.2, -0.15) is 0 Å². The maximum atomic E-state index is 13.0. The molecule has 0 saturated carbocycles. The second-order valence-corrected chi connectivity index (χ2v) is 12.5. The molecule has 0 bridgehead atoms. The van der Waals surface area contributed by atoms with Crippen LogP contribution in [0.2, 0.25) is 0 Å². The van der Waals surface area contributed by atoms with E-state index < -0.39 is 0 Å². The first-order valence-corrected chi connectivity index (χ1v) is 15.3. The number of thiophene rings is 2. The fourth-order valence-corrected chi connectivity index (χ4v) is 7.68. The molecule has 1 aliphatic carbocycles. The van der Waals surface area contributed by atoms with Crippen LogP contribution in [0.1, 0.15) is 50.5 Å². The number of nitrogens with zero attached hydrogens (tertiary/aromatic N) is 3. The predicted octanol–water partition coefficient (Wildman–Crippen LogP) is 6.68. The molecule has 0 radical (unpaired) electrons. The number of esters is 1. The van der Waals surface area contributed by atoms with Gasteiger partial charge in [-0.1, -0.05) is 48.0 Å². The van der Waals surface area contributed by atoms with E-state index in [1.807, 2.05) is 11.6 Å². The molecule has 7 nitrogen and oxygen atoms in total. The Balaban J connectivity index is 1.32. The zero-order valence-corrected chi connectivity index (χ0v) is 24.4. The summed E-state index contributed by atoms with van der Waals surface area (Å²) < 4.78 is 6.99. The number of thioether (sulfide) groups is 1. The topological polar surface area (TPSA) is 86.1 Å². The number of methoxy groups -OCH3 is 1. The molecule has 5 rings (SSSR count). The van der Waals surface area contributed by atoms with Crippen molar-refractivity contribution < 1.29 is 14.3 Å². The molecular weight excluding hydrogens is 537 g/mol. The van der Waals surface area contributed by atoms with Crippen LogP contribution in [0, 0.1) is 13.8 Å². The van der Waals surface area contributed by atoms with E-state index in [0.717, 1.165) is 60.2 Å². The summed E-state index contributed by atoms with van der Waals surface area (Å²) in [5.41, 5.74) is 6.12. The lowest BCUT2D eigenvalue weighted by Crippen LogP contribution is -2.16. The molecule has 1 N–H and O–H groups in total. The van der Waals surface area contributed by atoms with Crippen molar-refractivity contribution in [3.8, 4) is 22.5 Å². The molecule has 0 spiro atoms. The Kier molecular flexibility index (Phi) is 8.01. The minimum atomic E-state index is -0.388. The molecule has 1 aliphatic rings. The zero-order valence-electron chi connectivity index (χ0n) is 21.9. The molecule has 0 saturated heterocycles. The molecular formula is C28H30N4O3S3. The second kappa shape index (κ2) is 11.4. The summed E-state index contributed by atoms with van der Waals surface area (Å²) in [6, 6.07) is 8.50. The maximum Gasteiger partial charge on any atom is 0.341 e. The number of benzene rings is 1. The number of hydrogen-bond acceptors (Lipinski definition) is 8. The molecule has 198 valence electrons. The van der Waals surface area contributed by atoms with Crippen molar-refractivity contribution >= 4 is 51.3 Å². The van der Waals surface area contributed by atoms with Crippen LogP contribution in [0.5, 0.6) is 0 Å². The summed E-state index contributed by atoms with van der Waals surface area (Å²) in [4.78, 5) is 27.9. The van der Waals surface area contributed by atoms with E-state index in [2.05, 4.69) is 59.0 Å². The number of aryl methyl sites for hydroxylation is 3. The number of aromatic nitrogens is 3. The van der Waals surface area contributed by atoms with Crippen LogP contribution in [-0.4, -0.2) is 39.5 Å². The zero-order chi connectivity index (χ0) is 26.8. The fraction of sp³-hybridized carbons (Fsp3) is 0.357. The molecule has 1 amide bonds. The molecule has 0 aliphatic heterocycles.